The highest BCUT2D eigenvalue weighted by Gasteiger charge is 2.34. The van der Waals surface area contributed by atoms with Gasteiger partial charge >= 0.3 is 11.7 Å². The zero-order valence-electron chi connectivity index (χ0n) is 25.4. The number of carbonyl (C=O) groups excluding carboxylic acids is 1. The summed E-state index contributed by atoms with van der Waals surface area (Å²) >= 11 is 0. The van der Waals surface area contributed by atoms with E-state index in [0.29, 0.717) is 60.8 Å². The zero-order chi connectivity index (χ0) is 31.1. The van der Waals surface area contributed by atoms with Crippen LogP contribution in [0.3, 0.4) is 0 Å². The van der Waals surface area contributed by atoms with E-state index in [1.807, 2.05) is 62.9 Å². The van der Waals surface area contributed by atoms with Gasteiger partial charge in [0.25, 0.3) is 0 Å². The molecule has 234 valence electrons. The number of H-pyrrole nitrogens is 1. The van der Waals surface area contributed by atoms with Gasteiger partial charge in [0.15, 0.2) is 11.4 Å². The standard InChI is InChI=1S/C34H38N6O5/c1-21(9-2-7-15-28(41)38-19-16-22(17-20-38)40-25-12-5-4-11-24(25)35-34(40)44)31-36-29-23-10-3-6-14-27(23)45-30(29)32(37-31)39-18-8-13-26(39)33(42)43/h3-6,10-12,14,21-22,26H,2,7-9,13,15-20H2,1H3,(H,35,44)(H,42,43)/t21-,26-/m0/s1. The van der Waals surface area contributed by atoms with Crippen molar-refractivity contribution in [2.75, 3.05) is 24.5 Å². The summed E-state index contributed by atoms with van der Waals surface area (Å²) in [6, 6.07) is 14.9. The highest BCUT2D eigenvalue weighted by Crippen LogP contribution is 2.37. The highest BCUT2D eigenvalue weighted by molar-refractivity contribution is 6.06. The second kappa shape index (κ2) is 12.0. The quantitative estimate of drug-likeness (QED) is 0.206. The lowest BCUT2D eigenvalue weighted by Crippen LogP contribution is -2.40. The number of aliphatic carboxylic acids is 1. The Hall–Kier alpha value is -4.67. The summed E-state index contributed by atoms with van der Waals surface area (Å²) < 4.78 is 8.02. The topological polar surface area (TPSA) is 138 Å². The Labute approximate surface area is 259 Å². The first-order chi connectivity index (χ1) is 21.9. The third-order valence-electron chi connectivity index (χ3n) is 9.55. The number of piperidine rings is 1. The highest BCUT2D eigenvalue weighted by atomic mass is 16.4. The third-order valence-corrected chi connectivity index (χ3v) is 9.55. The van der Waals surface area contributed by atoms with Crippen LogP contribution in [-0.4, -0.2) is 67.1 Å². The summed E-state index contributed by atoms with van der Waals surface area (Å²) in [6.07, 6.45) is 5.77. The van der Waals surface area contributed by atoms with Crippen molar-refractivity contribution >= 4 is 50.8 Å². The number of carbonyl (C=O) groups is 2. The van der Waals surface area contributed by atoms with Crippen LogP contribution in [-0.2, 0) is 9.59 Å². The van der Waals surface area contributed by atoms with Gasteiger partial charge in [-0.05, 0) is 62.8 Å². The number of nitrogens with zero attached hydrogens (tertiary/aromatic N) is 5. The molecular weight excluding hydrogens is 572 g/mol. The Kier molecular flexibility index (Phi) is 7.76. The lowest BCUT2D eigenvalue weighted by atomic mass is 10.0. The average Bonchev–Trinajstić information content (AvgIpc) is 3.77. The number of hydrogen-bond acceptors (Lipinski definition) is 7. The Balaban J connectivity index is 0.984. The van der Waals surface area contributed by atoms with E-state index in [1.54, 1.807) is 0 Å². The number of benzene rings is 2. The van der Waals surface area contributed by atoms with E-state index in [9.17, 15) is 19.5 Å². The van der Waals surface area contributed by atoms with E-state index in [1.165, 1.54) is 0 Å². The molecule has 5 aromatic rings. The fourth-order valence-corrected chi connectivity index (χ4v) is 7.11. The van der Waals surface area contributed by atoms with Crippen molar-refractivity contribution in [3.63, 3.8) is 0 Å². The molecule has 2 fully saturated rings. The number of unbranched alkanes of at least 4 members (excludes halogenated alkanes) is 1. The number of amides is 1. The number of carboxylic acid groups (broad SMARTS) is 1. The maximum absolute atomic E-state index is 13.1. The van der Waals surface area contributed by atoms with E-state index >= 15 is 0 Å². The van der Waals surface area contributed by atoms with Crippen LogP contribution in [0.1, 0.15) is 76.1 Å². The van der Waals surface area contributed by atoms with Crippen LogP contribution in [0.25, 0.3) is 33.1 Å². The molecule has 11 nitrogen and oxygen atoms in total. The van der Waals surface area contributed by atoms with Gasteiger partial charge in [0.1, 0.15) is 23.0 Å². The van der Waals surface area contributed by atoms with Crippen molar-refractivity contribution in [2.24, 2.45) is 0 Å². The van der Waals surface area contributed by atoms with Gasteiger partial charge < -0.3 is 24.3 Å². The normalized spacial score (nSPS) is 18.4. The predicted molar refractivity (Wildman–Crippen MR) is 172 cm³/mol. The molecule has 5 heterocycles. The summed E-state index contributed by atoms with van der Waals surface area (Å²) in [7, 11) is 0. The maximum Gasteiger partial charge on any atom is 0.326 e. The summed E-state index contributed by atoms with van der Waals surface area (Å²) in [4.78, 5) is 54.3. The molecule has 0 spiro atoms. The number of rotatable bonds is 9. The molecule has 0 saturated carbocycles. The molecule has 2 atom stereocenters. The minimum atomic E-state index is -0.856. The molecule has 11 heteroatoms. The zero-order valence-corrected chi connectivity index (χ0v) is 25.4. The maximum atomic E-state index is 13.1. The van der Waals surface area contributed by atoms with Crippen LogP contribution in [0.5, 0.6) is 0 Å². The number of aromatic nitrogens is 4. The molecule has 7 rings (SSSR count). The Morgan fingerprint density at radius 1 is 1.02 bits per heavy atom. The average molecular weight is 611 g/mol. The first-order valence-electron chi connectivity index (χ1n) is 16.0. The first kappa shape index (κ1) is 29.1. The summed E-state index contributed by atoms with van der Waals surface area (Å²) in [5, 5.41) is 10.7. The van der Waals surface area contributed by atoms with Crippen molar-refractivity contribution in [1.82, 2.24) is 24.4 Å². The number of anilines is 1. The van der Waals surface area contributed by atoms with Gasteiger partial charge in [0.05, 0.1) is 11.0 Å². The van der Waals surface area contributed by atoms with Crippen molar-refractivity contribution in [1.29, 1.82) is 0 Å². The second-order valence-electron chi connectivity index (χ2n) is 12.4. The number of nitrogens with one attached hydrogen (secondary N) is 1. The molecule has 2 saturated heterocycles. The number of carboxylic acids is 1. The summed E-state index contributed by atoms with van der Waals surface area (Å²) in [5.41, 5.74) is 3.62. The number of para-hydroxylation sites is 3. The SMILES string of the molecule is C[C@@H](CCCCC(=O)N1CCC(n2c(=O)[nH]c3ccccc32)CC1)c1nc(N2CCC[C@H]2C(=O)O)c2oc3ccccc3c2n1. The number of furan rings is 1. The van der Waals surface area contributed by atoms with E-state index in [0.717, 1.165) is 54.9 Å². The molecular formula is C34H38N6O5. The molecule has 0 unspecified atom stereocenters. The minimum absolute atomic E-state index is 0.0213. The van der Waals surface area contributed by atoms with Crippen LogP contribution in [0.4, 0.5) is 5.82 Å². The van der Waals surface area contributed by atoms with Crippen LogP contribution in [0.2, 0.25) is 0 Å². The van der Waals surface area contributed by atoms with Gasteiger partial charge in [-0.15, -0.1) is 0 Å². The van der Waals surface area contributed by atoms with Gasteiger partial charge in [-0.2, -0.15) is 0 Å². The van der Waals surface area contributed by atoms with E-state index in [4.69, 9.17) is 14.4 Å². The molecule has 0 aliphatic carbocycles. The molecule has 1 amide bonds. The largest absolute Gasteiger partial charge is 0.480 e. The molecule has 2 aliphatic heterocycles. The Morgan fingerprint density at radius 3 is 2.62 bits per heavy atom. The lowest BCUT2D eigenvalue weighted by Gasteiger charge is -2.32. The number of aromatic amines is 1. The number of fused-ring (bicyclic) bond motifs is 4. The minimum Gasteiger partial charge on any atom is -0.480 e. The van der Waals surface area contributed by atoms with Crippen molar-refractivity contribution in [3.05, 3.63) is 64.8 Å². The van der Waals surface area contributed by atoms with Gasteiger partial charge in [-0.3, -0.25) is 9.36 Å². The lowest BCUT2D eigenvalue weighted by molar-refractivity contribution is -0.138. The molecule has 0 bridgehead atoms. The first-order valence-corrected chi connectivity index (χ1v) is 16.0. The smallest absolute Gasteiger partial charge is 0.326 e. The van der Waals surface area contributed by atoms with Gasteiger partial charge in [-0.25, -0.2) is 19.6 Å². The number of hydrogen-bond donors (Lipinski definition) is 2. The van der Waals surface area contributed by atoms with Gasteiger partial charge in [-0.1, -0.05) is 37.6 Å². The van der Waals surface area contributed by atoms with E-state index in [-0.39, 0.29) is 23.6 Å². The molecule has 2 N–H and O–H groups in total. The molecule has 2 aliphatic rings. The van der Waals surface area contributed by atoms with Crippen LogP contribution in [0, 0.1) is 0 Å². The van der Waals surface area contributed by atoms with Gasteiger partial charge in [0.2, 0.25) is 5.91 Å². The van der Waals surface area contributed by atoms with E-state index in [2.05, 4.69) is 11.9 Å². The number of likely N-dealkylation sites (tertiary alicyclic amines) is 1. The molecule has 3 aromatic heterocycles. The third kappa shape index (κ3) is 5.44. The number of imidazole rings is 1. The fourth-order valence-electron chi connectivity index (χ4n) is 7.11. The molecule has 45 heavy (non-hydrogen) atoms. The second-order valence-corrected chi connectivity index (χ2v) is 12.4. The fraction of sp³-hybridized carbons (Fsp3) is 0.441. The summed E-state index contributed by atoms with van der Waals surface area (Å²) in [5.74, 6) is 0.544. The summed E-state index contributed by atoms with van der Waals surface area (Å²) in [6.45, 7) is 3.99. The predicted octanol–water partition coefficient (Wildman–Crippen LogP) is 5.60. The van der Waals surface area contributed by atoms with Crippen LogP contribution >= 0.6 is 0 Å². The van der Waals surface area contributed by atoms with Gasteiger partial charge in [0, 0.05) is 43.4 Å². The van der Waals surface area contributed by atoms with Crippen LogP contribution < -0.4 is 10.6 Å². The van der Waals surface area contributed by atoms with Crippen molar-refractivity contribution in [3.8, 4) is 0 Å². The van der Waals surface area contributed by atoms with E-state index < -0.39 is 12.0 Å². The molecule has 2 aromatic carbocycles. The van der Waals surface area contributed by atoms with Crippen molar-refractivity contribution < 1.29 is 19.1 Å². The Bertz CT molecular complexity index is 1930. The van der Waals surface area contributed by atoms with Crippen LogP contribution in [0.15, 0.2) is 57.7 Å². The monoisotopic (exact) mass is 610 g/mol. The molecule has 0 radical (unpaired) electrons. The Morgan fingerprint density at radius 2 is 1.80 bits per heavy atom. The van der Waals surface area contributed by atoms with Crippen molar-refractivity contribution in [2.45, 2.75) is 76.3 Å².